The molecule has 4 heteroatoms. The van der Waals surface area contributed by atoms with Crippen molar-refractivity contribution in [3.63, 3.8) is 0 Å². The molecular formula is C16H24O4. The second-order valence-corrected chi connectivity index (χ2v) is 5.63. The van der Waals surface area contributed by atoms with Crippen LogP contribution in [0.2, 0.25) is 0 Å². The lowest BCUT2D eigenvalue weighted by molar-refractivity contribution is -0.156. The van der Waals surface area contributed by atoms with E-state index in [0.29, 0.717) is 19.0 Å². The van der Waals surface area contributed by atoms with Crippen molar-refractivity contribution in [3.05, 3.63) is 29.8 Å². The van der Waals surface area contributed by atoms with E-state index >= 15 is 0 Å². The topological polar surface area (TPSA) is 44.8 Å². The fourth-order valence-electron chi connectivity index (χ4n) is 1.72. The van der Waals surface area contributed by atoms with Crippen LogP contribution in [0.1, 0.15) is 39.2 Å². The molecule has 0 saturated carbocycles. The first kappa shape index (κ1) is 16.5. The van der Waals surface area contributed by atoms with Crippen LogP contribution >= 0.6 is 0 Å². The van der Waals surface area contributed by atoms with E-state index in [9.17, 15) is 4.79 Å². The summed E-state index contributed by atoms with van der Waals surface area (Å²) in [4.78, 5) is 12.1. The van der Waals surface area contributed by atoms with Crippen LogP contribution in [0.4, 0.5) is 0 Å². The van der Waals surface area contributed by atoms with Crippen LogP contribution in [0, 0.1) is 0 Å². The second-order valence-electron chi connectivity index (χ2n) is 5.63. The predicted octanol–water partition coefficient (Wildman–Crippen LogP) is 3.16. The molecule has 0 saturated heterocycles. The maximum Gasteiger partial charge on any atom is 0.313 e. The molecule has 0 aliphatic rings. The molecule has 1 aromatic rings. The Morgan fingerprint density at radius 2 is 1.85 bits per heavy atom. The molecule has 1 rings (SSSR count). The average molecular weight is 280 g/mol. The van der Waals surface area contributed by atoms with E-state index in [4.69, 9.17) is 14.2 Å². The van der Waals surface area contributed by atoms with E-state index in [1.165, 1.54) is 0 Å². The first-order valence-electron chi connectivity index (χ1n) is 6.78. The summed E-state index contributed by atoms with van der Waals surface area (Å²) in [5.41, 5.74) is 0.342. The zero-order valence-electron chi connectivity index (χ0n) is 12.9. The molecule has 0 aliphatic carbocycles. The monoisotopic (exact) mass is 280 g/mol. The molecule has 20 heavy (non-hydrogen) atoms. The molecular weight excluding hydrogens is 256 g/mol. The van der Waals surface area contributed by atoms with Crippen molar-refractivity contribution in [1.29, 1.82) is 0 Å². The van der Waals surface area contributed by atoms with E-state index < -0.39 is 5.60 Å². The van der Waals surface area contributed by atoms with Gasteiger partial charge >= 0.3 is 5.97 Å². The van der Waals surface area contributed by atoms with Gasteiger partial charge in [-0.05, 0) is 33.8 Å². The molecule has 1 atom stereocenters. The van der Waals surface area contributed by atoms with Crippen molar-refractivity contribution in [2.45, 2.75) is 39.2 Å². The summed E-state index contributed by atoms with van der Waals surface area (Å²) in [7, 11) is 1.62. The minimum absolute atomic E-state index is 0.250. The number of rotatable bonds is 6. The third kappa shape index (κ3) is 5.21. The van der Waals surface area contributed by atoms with Gasteiger partial charge in [-0.25, -0.2) is 0 Å². The van der Waals surface area contributed by atoms with E-state index in [1.54, 1.807) is 7.11 Å². The fraction of sp³-hybridized carbons (Fsp3) is 0.562. The lowest BCUT2D eigenvalue weighted by atomic mass is 10.00. The van der Waals surface area contributed by atoms with Gasteiger partial charge in [0, 0.05) is 12.7 Å². The summed E-state index contributed by atoms with van der Waals surface area (Å²) in [5.74, 6) is 0.0798. The summed E-state index contributed by atoms with van der Waals surface area (Å²) in [6.45, 7) is 8.37. The quantitative estimate of drug-likeness (QED) is 0.593. The van der Waals surface area contributed by atoms with Crippen LogP contribution in [0.3, 0.4) is 0 Å². The SMILES string of the molecule is COCCOc1ccccc1C(C)C(=O)OC(C)(C)C. The van der Waals surface area contributed by atoms with Gasteiger partial charge in [-0.2, -0.15) is 0 Å². The van der Waals surface area contributed by atoms with Crippen molar-refractivity contribution < 1.29 is 19.0 Å². The number of carbonyl (C=O) groups is 1. The van der Waals surface area contributed by atoms with Crippen molar-refractivity contribution in [1.82, 2.24) is 0 Å². The van der Waals surface area contributed by atoms with Gasteiger partial charge in [0.2, 0.25) is 0 Å². The third-order valence-electron chi connectivity index (χ3n) is 2.69. The lowest BCUT2D eigenvalue weighted by Gasteiger charge is -2.23. The molecule has 1 aromatic carbocycles. The summed E-state index contributed by atoms with van der Waals surface area (Å²) < 4.78 is 16.0. The van der Waals surface area contributed by atoms with Crippen molar-refractivity contribution in [2.24, 2.45) is 0 Å². The van der Waals surface area contributed by atoms with Crippen LogP contribution in [0.15, 0.2) is 24.3 Å². The van der Waals surface area contributed by atoms with E-state index in [2.05, 4.69) is 0 Å². The number of esters is 1. The van der Waals surface area contributed by atoms with Gasteiger partial charge in [-0.1, -0.05) is 18.2 Å². The van der Waals surface area contributed by atoms with Crippen LogP contribution in [0.25, 0.3) is 0 Å². The highest BCUT2D eigenvalue weighted by molar-refractivity contribution is 5.79. The zero-order valence-corrected chi connectivity index (χ0v) is 12.9. The summed E-state index contributed by atoms with van der Waals surface area (Å²) in [6.07, 6.45) is 0. The number of carbonyl (C=O) groups excluding carboxylic acids is 1. The smallest absolute Gasteiger partial charge is 0.313 e. The Kier molecular flexibility index (Phi) is 6.02. The highest BCUT2D eigenvalue weighted by Crippen LogP contribution is 2.28. The Bertz CT molecular complexity index is 434. The van der Waals surface area contributed by atoms with Gasteiger partial charge < -0.3 is 14.2 Å². The van der Waals surface area contributed by atoms with E-state index in [1.807, 2.05) is 52.0 Å². The number of benzene rings is 1. The van der Waals surface area contributed by atoms with Gasteiger partial charge in [-0.15, -0.1) is 0 Å². The molecule has 0 N–H and O–H groups in total. The Hall–Kier alpha value is -1.55. The van der Waals surface area contributed by atoms with Crippen LogP contribution in [-0.2, 0) is 14.3 Å². The first-order chi connectivity index (χ1) is 9.35. The van der Waals surface area contributed by atoms with E-state index in [0.717, 1.165) is 5.56 Å². The minimum Gasteiger partial charge on any atom is -0.491 e. The van der Waals surface area contributed by atoms with Crippen molar-refractivity contribution in [2.75, 3.05) is 20.3 Å². The Balaban J connectivity index is 2.81. The predicted molar refractivity (Wildman–Crippen MR) is 78.1 cm³/mol. The van der Waals surface area contributed by atoms with Crippen LogP contribution in [0.5, 0.6) is 5.75 Å². The van der Waals surface area contributed by atoms with Gasteiger partial charge in [0.1, 0.15) is 18.0 Å². The minimum atomic E-state index is -0.489. The largest absolute Gasteiger partial charge is 0.491 e. The number of methoxy groups -OCH3 is 1. The van der Waals surface area contributed by atoms with Gasteiger partial charge in [0.25, 0.3) is 0 Å². The molecule has 1 unspecified atom stereocenters. The molecule has 0 heterocycles. The van der Waals surface area contributed by atoms with Gasteiger partial charge in [-0.3, -0.25) is 4.79 Å². The summed E-state index contributed by atoms with van der Waals surface area (Å²) in [6, 6.07) is 7.51. The second kappa shape index (κ2) is 7.29. The van der Waals surface area contributed by atoms with Gasteiger partial charge in [0.05, 0.1) is 12.5 Å². The van der Waals surface area contributed by atoms with Crippen molar-refractivity contribution in [3.8, 4) is 5.75 Å². The zero-order chi connectivity index (χ0) is 15.2. The highest BCUT2D eigenvalue weighted by Gasteiger charge is 2.25. The Labute approximate surface area is 121 Å². The highest BCUT2D eigenvalue weighted by atomic mass is 16.6. The Morgan fingerprint density at radius 3 is 2.45 bits per heavy atom. The molecule has 0 spiro atoms. The summed E-state index contributed by atoms with van der Waals surface area (Å²) >= 11 is 0. The fourth-order valence-corrected chi connectivity index (χ4v) is 1.72. The maximum atomic E-state index is 12.1. The molecule has 4 nitrogen and oxygen atoms in total. The normalized spacial score (nSPS) is 12.8. The standard InChI is InChI=1S/C16H24O4/c1-12(15(17)20-16(2,3)4)13-8-6-7-9-14(13)19-11-10-18-5/h6-9,12H,10-11H2,1-5H3. The first-order valence-corrected chi connectivity index (χ1v) is 6.78. The van der Waals surface area contributed by atoms with Gasteiger partial charge in [0.15, 0.2) is 0 Å². The molecule has 0 bridgehead atoms. The maximum absolute atomic E-state index is 12.1. The number of hydrogen-bond acceptors (Lipinski definition) is 4. The molecule has 112 valence electrons. The number of ether oxygens (including phenoxy) is 3. The molecule has 0 aromatic heterocycles. The molecule has 0 fully saturated rings. The average Bonchev–Trinajstić information content (AvgIpc) is 2.37. The molecule has 0 radical (unpaired) electrons. The van der Waals surface area contributed by atoms with Crippen LogP contribution < -0.4 is 4.74 Å². The Morgan fingerprint density at radius 1 is 1.20 bits per heavy atom. The molecule has 0 amide bonds. The van der Waals surface area contributed by atoms with E-state index in [-0.39, 0.29) is 11.9 Å². The van der Waals surface area contributed by atoms with Crippen molar-refractivity contribution >= 4 is 5.97 Å². The lowest BCUT2D eigenvalue weighted by Crippen LogP contribution is -2.27. The number of para-hydroxylation sites is 1. The number of hydrogen-bond donors (Lipinski definition) is 0. The summed E-state index contributed by atoms with van der Waals surface area (Å²) in [5, 5.41) is 0. The third-order valence-corrected chi connectivity index (χ3v) is 2.69. The molecule has 0 aliphatic heterocycles. The van der Waals surface area contributed by atoms with Crippen LogP contribution in [-0.4, -0.2) is 31.9 Å².